The van der Waals surface area contributed by atoms with Crippen LogP contribution in [0.1, 0.15) is 37.3 Å². The predicted molar refractivity (Wildman–Crippen MR) is 99.2 cm³/mol. The van der Waals surface area contributed by atoms with Crippen LogP contribution in [-0.4, -0.2) is 78.1 Å². The van der Waals surface area contributed by atoms with Crippen molar-refractivity contribution in [2.45, 2.75) is 43.9 Å². The molecule has 6 heteroatoms. The fourth-order valence-corrected chi connectivity index (χ4v) is 4.20. The molecule has 0 radical (unpaired) electrons. The number of likely N-dealkylation sites (N-methyl/N-ethyl adjacent to an activating group) is 1. The number of halogens is 1. The summed E-state index contributed by atoms with van der Waals surface area (Å²) in [7, 11) is 3.64. The van der Waals surface area contributed by atoms with Crippen LogP contribution in [0, 0.1) is 5.82 Å². The smallest absolute Gasteiger partial charge is 0.244 e. The van der Waals surface area contributed by atoms with Gasteiger partial charge in [0.05, 0.1) is 6.10 Å². The third kappa shape index (κ3) is 4.24. The summed E-state index contributed by atoms with van der Waals surface area (Å²) in [6.07, 6.45) is 3.41. The van der Waals surface area contributed by atoms with Gasteiger partial charge in [0.15, 0.2) is 0 Å². The van der Waals surface area contributed by atoms with E-state index in [1.165, 1.54) is 6.07 Å². The lowest BCUT2D eigenvalue weighted by Crippen LogP contribution is -2.51. The number of aliphatic hydroxyl groups is 1. The standard InChI is InChI=1S/C20H30FN3O2/c1-22(2)19(17-5-3-4-6-18(17)21)20(26)24-11-7-15(8-12-24)23-13-9-16(25)10-14-23/h3-6,15-16,19,25H,7-14H2,1-2H3/t19-/m1/s1. The van der Waals surface area contributed by atoms with Gasteiger partial charge in [-0.05, 0) is 45.8 Å². The number of nitrogens with zero attached hydrogens (tertiary/aromatic N) is 3. The Bertz CT molecular complexity index is 609. The van der Waals surface area contributed by atoms with Crippen molar-refractivity contribution in [3.05, 3.63) is 35.6 Å². The molecule has 0 aromatic heterocycles. The molecule has 1 atom stereocenters. The molecule has 0 saturated carbocycles. The highest BCUT2D eigenvalue weighted by Gasteiger charge is 2.34. The first-order chi connectivity index (χ1) is 12.5. The Balaban J connectivity index is 1.62. The van der Waals surface area contributed by atoms with Gasteiger partial charge in [-0.25, -0.2) is 4.39 Å². The van der Waals surface area contributed by atoms with Crippen molar-refractivity contribution in [3.8, 4) is 0 Å². The lowest BCUT2D eigenvalue weighted by Gasteiger charge is -2.42. The highest BCUT2D eigenvalue weighted by molar-refractivity contribution is 5.83. The molecule has 144 valence electrons. The molecule has 2 fully saturated rings. The molecule has 1 aromatic carbocycles. The quantitative estimate of drug-likeness (QED) is 0.887. The average molecular weight is 363 g/mol. The number of hydrogen-bond donors (Lipinski definition) is 1. The van der Waals surface area contributed by atoms with Gasteiger partial charge >= 0.3 is 0 Å². The van der Waals surface area contributed by atoms with E-state index in [-0.39, 0.29) is 17.8 Å². The maximum atomic E-state index is 14.2. The van der Waals surface area contributed by atoms with Crippen molar-refractivity contribution in [1.82, 2.24) is 14.7 Å². The van der Waals surface area contributed by atoms with E-state index in [1.54, 1.807) is 23.1 Å². The zero-order valence-corrected chi connectivity index (χ0v) is 15.8. The normalized spacial score (nSPS) is 22.0. The van der Waals surface area contributed by atoms with Gasteiger partial charge in [0.1, 0.15) is 11.9 Å². The predicted octanol–water partition coefficient (Wildman–Crippen LogP) is 1.88. The molecule has 3 rings (SSSR count). The van der Waals surface area contributed by atoms with Crippen LogP contribution >= 0.6 is 0 Å². The van der Waals surface area contributed by atoms with E-state index in [1.807, 2.05) is 19.0 Å². The second-order valence-electron chi connectivity index (χ2n) is 7.71. The summed E-state index contributed by atoms with van der Waals surface area (Å²) < 4.78 is 14.2. The summed E-state index contributed by atoms with van der Waals surface area (Å²) in [5.41, 5.74) is 0.439. The average Bonchev–Trinajstić information content (AvgIpc) is 2.64. The number of carbonyl (C=O) groups excluding carboxylic acids is 1. The van der Waals surface area contributed by atoms with Crippen LogP contribution in [0.15, 0.2) is 24.3 Å². The first-order valence-electron chi connectivity index (χ1n) is 9.59. The fraction of sp³-hybridized carbons (Fsp3) is 0.650. The summed E-state index contributed by atoms with van der Waals surface area (Å²) in [6.45, 7) is 3.30. The van der Waals surface area contributed by atoms with Gasteiger partial charge in [0.25, 0.3) is 0 Å². The summed E-state index contributed by atoms with van der Waals surface area (Å²) in [5.74, 6) is -0.353. The number of hydrogen-bond acceptors (Lipinski definition) is 4. The van der Waals surface area contributed by atoms with Gasteiger partial charge < -0.3 is 14.9 Å². The molecule has 2 aliphatic heterocycles. The molecular formula is C20H30FN3O2. The number of rotatable bonds is 4. The topological polar surface area (TPSA) is 47.0 Å². The van der Waals surface area contributed by atoms with E-state index in [4.69, 9.17) is 0 Å². The molecule has 2 saturated heterocycles. The van der Waals surface area contributed by atoms with E-state index >= 15 is 0 Å². The third-order valence-corrected chi connectivity index (χ3v) is 5.74. The molecule has 1 aromatic rings. The van der Waals surface area contributed by atoms with Crippen molar-refractivity contribution < 1.29 is 14.3 Å². The number of benzene rings is 1. The summed E-state index contributed by atoms with van der Waals surface area (Å²) in [5, 5.41) is 9.67. The monoisotopic (exact) mass is 363 g/mol. The molecule has 5 nitrogen and oxygen atoms in total. The highest BCUT2D eigenvalue weighted by Crippen LogP contribution is 2.27. The van der Waals surface area contributed by atoms with Gasteiger partial charge in [0.2, 0.25) is 5.91 Å². The van der Waals surface area contributed by atoms with E-state index < -0.39 is 6.04 Å². The van der Waals surface area contributed by atoms with Crippen molar-refractivity contribution in [2.75, 3.05) is 40.3 Å². The number of carbonyl (C=O) groups is 1. The summed E-state index contributed by atoms with van der Waals surface area (Å²) in [6, 6.07) is 6.44. The Kier molecular flexibility index (Phi) is 6.27. The molecule has 1 amide bonds. The summed E-state index contributed by atoms with van der Waals surface area (Å²) >= 11 is 0. The summed E-state index contributed by atoms with van der Waals surface area (Å²) in [4.78, 5) is 19.2. The number of aliphatic hydroxyl groups excluding tert-OH is 1. The molecule has 1 N–H and O–H groups in total. The molecule has 2 heterocycles. The maximum absolute atomic E-state index is 14.2. The van der Waals surface area contributed by atoms with E-state index in [2.05, 4.69) is 4.90 Å². The first kappa shape index (κ1) is 19.3. The third-order valence-electron chi connectivity index (χ3n) is 5.74. The fourth-order valence-electron chi connectivity index (χ4n) is 4.20. The van der Waals surface area contributed by atoms with Crippen molar-refractivity contribution >= 4 is 5.91 Å². The molecule has 0 spiro atoms. The van der Waals surface area contributed by atoms with Crippen LogP contribution in [0.4, 0.5) is 4.39 Å². The lowest BCUT2D eigenvalue weighted by atomic mass is 9.97. The Hall–Kier alpha value is -1.50. The van der Waals surface area contributed by atoms with Crippen LogP contribution in [0.25, 0.3) is 0 Å². The Morgan fingerprint density at radius 2 is 1.73 bits per heavy atom. The second-order valence-corrected chi connectivity index (χ2v) is 7.71. The minimum Gasteiger partial charge on any atom is -0.393 e. The van der Waals surface area contributed by atoms with E-state index in [0.717, 1.165) is 38.8 Å². The zero-order chi connectivity index (χ0) is 18.7. The zero-order valence-electron chi connectivity index (χ0n) is 15.8. The van der Waals surface area contributed by atoms with Gasteiger partial charge in [0, 0.05) is 37.8 Å². The Morgan fingerprint density at radius 1 is 1.12 bits per heavy atom. The second kappa shape index (κ2) is 8.46. The Labute approximate surface area is 155 Å². The van der Waals surface area contributed by atoms with E-state index in [0.29, 0.717) is 24.7 Å². The molecule has 0 bridgehead atoms. The van der Waals surface area contributed by atoms with Crippen LogP contribution in [-0.2, 0) is 4.79 Å². The van der Waals surface area contributed by atoms with Gasteiger partial charge in [-0.1, -0.05) is 18.2 Å². The van der Waals surface area contributed by atoms with Gasteiger partial charge in [-0.15, -0.1) is 0 Å². The molecule has 26 heavy (non-hydrogen) atoms. The first-order valence-corrected chi connectivity index (χ1v) is 9.59. The molecule has 0 unspecified atom stereocenters. The van der Waals surface area contributed by atoms with Crippen molar-refractivity contribution in [2.24, 2.45) is 0 Å². The van der Waals surface area contributed by atoms with Crippen LogP contribution in [0.3, 0.4) is 0 Å². The molecule has 2 aliphatic rings. The number of piperidine rings is 2. The molecular weight excluding hydrogens is 333 g/mol. The SMILES string of the molecule is CN(C)[C@@H](C(=O)N1CCC(N2CCC(O)CC2)CC1)c1ccccc1F. The van der Waals surface area contributed by atoms with Gasteiger partial charge in [-0.2, -0.15) is 0 Å². The van der Waals surface area contributed by atoms with E-state index in [9.17, 15) is 14.3 Å². The van der Waals surface area contributed by atoms with Crippen LogP contribution in [0.2, 0.25) is 0 Å². The maximum Gasteiger partial charge on any atom is 0.244 e. The minimum atomic E-state index is -0.585. The Morgan fingerprint density at radius 3 is 2.31 bits per heavy atom. The highest BCUT2D eigenvalue weighted by atomic mass is 19.1. The van der Waals surface area contributed by atoms with Gasteiger partial charge in [-0.3, -0.25) is 9.69 Å². The largest absolute Gasteiger partial charge is 0.393 e. The van der Waals surface area contributed by atoms with Crippen LogP contribution in [0.5, 0.6) is 0 Å². The van der Waals surface area contributed by atoms with Crippen molar-refractivity contribution in [3.63, 3.8) is 0 Å². The van der Waals surface area contributed by atoms with Crippen molar-refractivity contribution in [1.29, 1.82) is 0 Å². The number of likely N-dealkylation sites (tertiary alicyclic amines) is 2. The van der Waals surface area contributed by atoms with Crippen LogP contribution < -0.4 is 0 Å². The minimum absolute atomic E-state index is 0.0207. The lowest BCUT2D eigenvalue weighted by molar-refractivity contribution is -0.138. The number of amides is 1. The molecule has 0 aliphatic carbocycles.